The molecule has 1 amide bonds. The van der Waals surface area contributed by atoms with Crippen molar-refractivity contribution in [3.63, 3.8) is 0 Å². The standard InChI is InChI=1S/C18H22N2O4S2/c21-16(20-17-19-10-15(25)26-17)13-8-4-5-9-14(13)24-18(22)23-11-12-6-2-1-3-7-12/h4-5,8-9,12,15,25H,1-3,6-7,10-11H2,(H,19,20,21). The second-order valence-corrected chi connectivity index (χ2v) is 8.50. The quantitative estimate of drug-likeness (QED) is 0.461. The first kappa shape index (κ1) is 19.1. The molecular formula is C18H22N2O4S2. The van der Waals surface area contributed by atoms with E-state index in [0.29, 0.717) is 24.2 Å². The van der Waals surface area contributed by atoms with Crippen LogP contribution < -0.4 is 10.1 Å². The van der Waals surface area contributed by atoms with E-state index >= 15 is 0 Å². The lowest BCUT2D eigenvalue weighted by Gasteiger charge is -2.20. The van der Waals surface area contributed by atoms with Crippen LogP contribution in [0.25, 0.3) is 0 Å². The van der Waals surface area contributed by atoms with Gasteiger partial charge in [0.15, 0.2) is 5.17 Å². The zero-order chi connectivity index (χ0) is 18.4. The highest BCUT2D eigenvalue weighted by molar-refractivity contribution is 8.21. The van der Waals surface area contributed by atoms with Gasteiger partial charge in [0.1, 0.15) is 5.75 Å². The number of nitrogens with one attached hydrogen (secondary N) is 1. The van der Waals surface area contributed by atoms with Gasteiger partial charge in [0.2, 0.25) is 0 Å². The van der Waals surface area contributed by atoms with Gasteiger partial charge in [-0.25, -0.2) is 4.79 Å². The maximum absolute atomic E-state index is 12.5. The summed E-state index contributed by atoms with van der Waals surface area (Å²) in [5.41, 5.74) is 0.257. The van der Waals surface area contributed by atoms with Gasteiger partial charge < -0.3 is 14.8 Å². The van der Waals surface area contributed by atoms with Gasteiger partial charge >= 0.3 is 6.16 Å². The number of nitrogens with zero attached hydrogens (tertiary/aromatic N) is 1. The summed E-state index contributed by atoms with van der Waals surface area (Å²) in [6.07, 6.45) is 5.00. The van der Waals surface area contributed by atoms with E-state index in [2.05, 4.69) is 22.9 Å². The van der Waals surface area contributed by atoms with E-state index in [-0.39, 0.29) is 21.8 Å². The molecule has 140 valence electrons. The van der Waals surface area contributed by atoms with E-state index in [1.807, 2.05) is 0 Å². The number of thiol groups is 1. The molecule has 3 rings (SSSR count). The maximum Gasteiger partial charge on any atom is 0.513 e. The van der Waals surface area contributed by atoms with E-state index < -0.39 is 6.16 Å². The van der Waals surface area contributed by atoms with Crippen molar-refractivity contribution >= 4 is 41.6 Å². The van der Waals surface area contributed by atoms with E-state index in [0.717, 1.165) is 12.8 Å². The summed E-state index contributed by atoms with van der Waals surface area (Å²) < 4.78 is 10.5. The number of carbonyl (C=O) groups excluding carboxylic acids is 2. The van der Waals surface area contributed by atoms with Crippen LogP contribution in [-0.2, 0) is 4.74 Å². The summed E-state index contributed by atoms with van der Waals surface area (Å²) in [5.74, 6) is 0.195. The van der Waals surface area contributed by atoms with Crippen LogP contribution in [0.15, 0.2) is 29.3 Å². The van der Waals surface area contributed by atoms with Crippen molar-refractivity contribution in [2.24, 2.45) is 10.9 Å². The van der Waals surface area contributed by atoms with Crippen LogP contribution in [0.4, 0.5) is 4.79 Å². The van der Waals surface area contributed by atoms with Crippen LogP contribution in [0.1, 0.15) is 42.5 Å². The third kappa shape index (κ3) is 5.41. The summed E-state index contributed by atoms with van der Waals surface area (Å²) in [4.78, 5) is 28.6. The molecule has 2 aliphatic rings. The van der Waals surface area contributed by atoms with Crippen LogP contribution in [-0.4, -0.2) is 35.0 Å². The third-order valence-corrected chi connectivity index (χ3v) is 5.70. The van der Waals surface area contributed by atoms with Gasteiger partial charge in [-0.3, -0.25) is 9.79 Å². The normalized spacial score (nSPS) is 20.3. The summed E-state index contributed by atoms with van der Waals surface area (Å²) in [5, 5.41) is 3.23. The lowest BCUT2D eigenvalue weighted by atomic mass is 9.90. The van der Waals surface area contributed by atoms with Crippen molar-refractivity contribution in [3.8, 4) is 5.75 Å². The van der Waals surface area contributed by atoms with Gasteiger partial charge in [0, 0.05) is 0 Å². The van der Waals surface area contributed by atoms with Gasteiger partial charge in [-0.2, -0.15) is 12.6 Å². The molecule has 8 heteroatoms. The SMILES string of the molecule is O=C(OCC1CCCCC1)Oc1ccccc1C(=O)NC1=NCC(S)S1. The molecule has 1 unspecified atom stereocenters. The molecule has 6 nitrogen and oxygen atoms in total. The van der Waals surface area contributed by atoms with Gasteiger partial charge in [-0.1, -0.05) is 43.2 Å². The van der Waals surface area contributed by atoms with Crippen molar-refractivity contribution in [3.05, 3.63) is 29.8 Å². The highest BCUT2D eigenvalue weighted by Crippen LogP contribution is 2.25. The fourth-order valence-corrected chi connectivity index (χ4v) is 4.09. The number of hydrogen-bond acceptors (Lipinski definition) is 7. The van der Waals surface area contributed by atoms with Gasteiger partial charge in [-0.15, -0.1) is 0 Å². The molecule has 0 radical (unpaired) electrons. The Balaban J connectivity index is 1.56. The van der Waals surface area contributed by atoms with Crippen LogP contribution in [0.2, 0.25) is 0 Å². The Bertz CT molecular complexity index is 690. The van der Waals surface area contributed by atoms with Crippen molar-refractivity contribution in [1.29, 1.82) is 0 Å². The first-order chi connectivity index (χ1) is 12.6. The summed E-state index contributed by atoms with van der Waals surface area (Å²) in [7, 11) is 0. The molecule has 1 fully saturated rings. The third-order valence-electron chi connectivity index (χ3n) is 4.35. The molecule has 1 heterocycles. The number of benzene rings is 1. The lowest BCUT2D eigenvalue weighted by molar-refractivity contribution is 0.0762. The molecule has 0 saturated heterocycles. The first-order valence-electron chi connectivity index (χ1n) is 8.76. The number of para-hydroxylation sites is 1. The smallest absolute Gasteiger partial charge is 0.434 e. The highest BCUT2D eigenvalue weighted by Gasteiger charge is 2.22. The Morgan fingerprint density at radius 1 is 1.23 bits per heavy atom. The molecule has 0 bridgehead atoms. The van der Waals surface area contributed by atoms with Crippen LogP contribution in [0, 0.1) is 5.92 Å². The predicted octanol–water partition coefficient (Wildman–Crippen LogP) is 3.87. The zero-order valence-electron chi connectivity index (χ0n) is 14.3. The largest absolute Gasteiger partial charge is 0.513 e. The number of ether oxygens (including phenoxy) is 2. The van der Waals surface area contributed by atoms with E-state index in [1.54, 1.807) is 24.3 Å². The second kappa shape index (κ2) is 9.32. The number of aliphatic imine (C=N–C) groups is 1. The number of carbonyl (C=O) groups is 2. The average molecular weight is 395 g/mol. The van der Waals surface area contributed by atoms with Crippen LogP contribution in [0.3, 0.4) is 0 Å². The molecule has 1 aromatic carbocycles. The maximum atomic E-state index is 12.5. The molecule has 1 aromatic rings. The van der Waals surface area contributed by atoms with E-state index in [1.165, 1.54) is 31.0 Å². The molecule has 0 spiro atoms. The molecule has 1 atom stereocenters. The van der Waals surface area contributed by atoms with Gasteiger partial charge in [0.05, 0.1) is 23.3 Å². The predicted molar refractivity (Wildman–Crippen MR) is 105 cm³/mol. The highest BCUT2D eigenvalue weighted by atomic mass is 32.2. The van der Waals surface area contributed by atoms with Crippen molar-refractivity contribution in [2.75, 3.05) is 13.2 Å². The molecular weight excluding hydrogens is 372 g/mol. The monoisotopic (exact) mass is 394 g/mol. The number of amides is 1. The average Bonchev–Trinajstić information content (AvgIpc) is 3.06. The Kier molecular flexibility index (Phi) is 6.85. The first-order valence-corrected chi connectivity index (χ1v) is 10.2. The molecule has 1 saturated carbocycles. The van der Waals surface area contributed by atoms with Crippen molar-refractivity contribution in [1.82, 2.24) is 5.32 Å². The van der Waals surface area contributed by atoms with Crippen LogP contribution in [0.5, 0.6) is 5.75 Å². The fourth-order valence-electron chi connectivity index (χ4n) is 3.00. The molecule has 0 aromatic heterocycles. The minimum Gasteiger partial charge on any atom is -0.434 e. The molecule has 1 N–H and O–H groups in total. The van der Waals surface area contributed by atoms with E-state index in [4.69, 9.17) is 9.47 Å². The Hall–Kier alpha value is -1.67. The van der Waals surface area contributed by atoms with Crippen LogP contribution >= 0.6 is 24.4 Å². The zero-order valence-corrected chi connectivity index (χ0v) is 16.1. The topological polar surface area (TPSA) is 77.0 Å². The molecule has 26 heavy (non-hydrogen) atoms. The molecule has 1 aliphatic carbocycles. The van der Waals surface area contributed by atoms with Crippen molar-refractivity contribution in [2.45, 2.75) is 36.7 Å². The van der Waals surface area contributed by atoms with Gasteiger partial charge in [0.25, 0.3) is 5.91 Å². The van der Waals surface area contributed by atoms with Crippen molar-refractivity contribution < 1.29 is 19.1 Å². The lowest BCUT2D eigenvalue weighted by Crippen LogP contribution is -2.28. The number of rotatable bonds is 4. The summed E-state index contributed by atoms with van der Waals surface area (Å²) >= 11 is 5.69. The fraction of sp³-hybridized carbons (Fsp3) is 0.500. The van der Waals surface area contributed by atoms with E-state index in [9.17, 15) is 9.59 Å². The minimum atomic E-state index is -0.779. The number of amidine groups is 1. The number of hydrogen-bond donors (Lipinski definition) is 2. The Morgan fingerprint density at radius 2 is 2.00 bits per heavy atom. The molecule has 1 aliphatic heterocycles. The summed E-state index contributed by atoms with van der Waals surface area (Å²) in [6, 6.07) is 6.57. The summed E-state index contributed by atoms with van der Waals surface area (Å²) in [6.45, 7) is 0.916. The second-order valence-electron chi connectivity index (χ2n) is 6.34. The van der Waals surface area contributed by atoms with Gasteiger partial charge in [-0.05, 0) is 30.9 Å². The Labute approximate surface area is 162 Å². The minimum absolute atomic E-state index is 0.0477. The number of thioether (sulfide) groups is 1. The Morgan fingerprint density at radius 3 is 2.73 bits per heavy atom.